The Morgan fingerprint density at radius 1 is 1.15 bits per heavy atom. The summed E-state index contributed by atoms with van der Waals surface area (Å²) in [5.41, 5.74) is 1.84. The van der Waals surface area contributed by atoms with Gasteiger partial charge in [-0.2, -0.15) is 0 Å². The molecule has 2 heterocycles. The van der Waals surface area contributed by atoms with Gasteiger partial charge in [0, 0.05) is 6.54 Å². The number of halogens is 1. The van der Waals surface area contributed by atoms with Gasteiger partial charge >= 0.3 is 0 Å². The first-order valence-electron chi connectivity index (χ1n) is 9.57. The highest BCUT2D eigenvalue weighted by molar-refractivity contribution is 6.08. The zero-order valence-corrected chi connectivity index (χ0v) is 15.1. The lowest BCUT2D eigenvalue weighted by atomic mass is 9.85. The van der Waals surface area contributed by atoms with E-state index in [1.165, 1.54) is 17.0 Å². The fraction of sp³-hybridized carbons (Fsp3) is 0.476. The van der Waals surface area contributed by atoms with E-state index in [2.05, 4.69) is 0 Å². The molecule has 2 aliphatic carbocycles. The molecule has 1 aromatic carbocycles. The maximum absolute atomic E-state index is 13.4. The molecule has 2 aliphatic heterocycles. The van der Waals surface area contributed by atoms with Gasteiger partial charge in [0.15, 0.2) is 0 Å². The number of carbonyl (C=O) groups is 3. The monoisotopic (exact) mass is 368 g/mol. The highest BCUT2D eigenvalue weighted by Crippen LogP contribution is 2.52. The lowest BCUT2D eigenvalue weighted by Gasteiger charge is -2.36. The summed E-state index contributed by atoms with van der Waals surface area (Å²) >= 11 is 0. The molecule has 1 aromatic rings. The van der Waals surface area contributed by atoms with Crippen molar-refractivity contribution < 1.29 is 18.8 Å². The van der Waals surface area contributed by atoms with Crippen LogP contribution in [0.2, 0.25) is 0 Å². The topological polar surface area (TPSA) is 57.7 Å². The second-order valence-corrected chi connectivity index (χ2v) is 8.12. The van der Waals surface area contributed by atoms with Crippen molar-refractivity contribution in [1.82, 2.24) is 9.80 Å². The van der Waals surface area contributed by atoms with Crippen LogP contribution in [0.5, 0.6) is 0 Å². The molecule has 0 spiro atoms. The zero-order chi connectivity index (χ0) is 18.9. The van der Waals surface area contributed by atoms with Crippen LogP contribution in [0.3, 0.4) is 0 Å². The average molecular weight is 368 g/mol. The van der Waals surface area contributed by atoms with Gasteiger partial charge in [-0.25, -0.2) is 4.39 Å². The molecule has 5 atom stereocenters. The van der Waals surface area contributed by atoms with Crippen LogP contribution >= 0.6 is 0 Å². The number of likely N-dealkylation sites (tertiary alicyclic amines) is 1. The summed E-state index contributed by atoms with van der Waals surface area (Å²) in [6.07, 6.45) is 5.55. The maximum Gasteiger partial charge on any atom is 0.243 e. The Morgan fingerprint density at radius 2 is 1.81 bits per heavy atom. The van der Waals surface area contributed by atoms with E-state index in [4.69, 9.17) is 0 Å². The number of allylic oxidation sites excluding steroid dienone is 2. The summed E-state index contributed by atoms with van der Waals surface area (Å²) in [6.45, 7) is 2.18. The van der Waals surface area contributed by atoms with Crippen LogP contribution in [0.4, 0.5) is 4.39 Å². The maximum atomic E-state index is 13.4. The third-order valence-corrected chi connectivity index (χ3v) is 6.82. The van der Waals surface area contributed by atoms with Crippen molar-refractivity contribution in [3.63, 3.8) is 0 Å². The van der Waals surface area contributed by atoms with Crippen molar-refractivity contribution in [1.29, 1.82) is 0 Å². The largest absolute Gasteiger partial charge is 0.334 e. The van der Waals surface area contributed by atoms with Crippen molar-refractivity contribution in [3.8, 4) is 0 Å². The molecule has 4 aliphatic rings. The molecule has 1 saturated heterocycles. The third-order valence-electron chi connectivity index (χ3n) is 6.82. The molecule has 3 amide bonds. The molecule has 0 radical (unpaired) electrons. The number of imide groups is 1. The minimum absolute atomic E-state index is 0.146. The first-order valence-corrected chi connectivity index (χ1v) is 9.57. The molecule has 2 bridgehead atoms. The molecule has 2 fully saturated rings. The van der Waals surface area contributed by atoms with Crippen molar-refractivity contribution >= 4 is 17.7 Å². The van der Waals surface area contributed by atoms with Crippen LogP contribution in [0.1, 0.15) is 30.5 Å². The first-order chi connectivity index (χ1) is 13.0. The summed E-state index contributed by atoms with van der Waals surface area (Å²) in [6, 6.07) is 4.44. The Bertz CT molecular complexity index is 865. The fourth-order valence-electron chi connectivity index (χ4n) is 5.49. The molecule has 5 nitrogen and oxygen atoms in total. The molecule has 5 rings (SSSR count). The highest BCUT2D eigenvalue weighted by Gasteiger charge is 2.59. The Balaban J connectivity index is 1.33. The Hall–Kier alpha value is -2.50. The summed E-state index contributed by atoms with van der Waals surface area (Å²) in [5, 5.41) is 0. The smallest absolute Gasteiger partial charge is 0.243 e. The van der Waals surface area contributed by atoms with Crippen molar-refractivity contribution in [2.45, 2.75) is 25.8 Å². The molecule has 0 aromatic heterocycles. The van der Waals surface area contributed by atoms with Gasteiger partial charge in [-0.1, -0.05) is 18.2 Å². The second kappa shape index (κ2) is 5.75. The van der Waals surface area contributed by atoms with Gasteiger partial charge < -0.3 is 4.90 Å². The molecular formula is C21H21FN2O3. The van der Waals surface area contributed by atoms with Crippen LogP contribution in [0, 0.1) is 29.5 Å². The number of hydrogen-bond acceptors (Lipinski definition) is 3. The van der Waals surface area contributed by atoms with Crippen molar-refractivity contribution in [2.24, 2.45) is 23.7 Å². The zero-order valence-electron chi connectivity index (χ0n) is 15.1. The van der Waals surface area contributed by atoms with Gasteiger partial charge in [0.05, 0.1) is 17.9 Å². The van der Waals surface area contributed by atoms with Gasteiger partial charge in [0.1, 0.15) is 12.4 Å². The number of amides is 3. The first kappa shape index (κ1) is 16.7. The van der Waals surface area contributed by atoms with E-state index in [9.17, 15) is 18.8 Å². The Labute approximate surface area is 156 Å². The van der Waals surface area contributed by atoms with E-state index in [1.807, 2.05) is 19.1 Å². The number of hydrogen-bond donors (Lipinski definition) is 0. The highest BCUT2D eigenvalue weighted by atomic mass is 19.1. The normalized spacial score (nSPS) is 33.6. The van der Waals surface area contributed by atoms with E-state index < -0.39 is 0 Å². The van der Waals surface area contributed by atoms with Crippen LogP contribution in [0.15, 0.2) is 30.4 Å². The van der Waals surface area contributed by atoms with E-state index in [-0.39, 0.29) is 59.8 Å². The lowest BCUT2D eigenvalue weighted by Crippen LogP contribution is -2.46. The molecule has 140 valence electrons. The molecular weight excluding hydrogens is 347 g/mol. The molecule has 0 unspecified atom stereocenters. The summed E-state index contributed by atoms with van der Waals surface area (Å²) < 4.78 is 13.4. The average Bonchev–Trinajstić information content (AvgIpc) is 3.32. The lowest BCUT2D eigenvalue weighted by molar-refractivity contribution is -0.148. The van der Waals surface area contributed by atoms with Crippen LogP contribution in [-0.2, 0) is 20.8 Å². The van der Waals surface area contributed by atoms with Gasteiger partial charge in [0.2, 0.25) is 17.7 Å². The van der Waals surface area contributed by atoms with Gasteiger partial charge in [-0.15, -0.1) is 0 Å². The quantitative estimate of drug-likeness (QED) is 0.593. The van der Waals surface area contributed by atoms with E-state index in [0.29, 0.717) is 13.0 Å². The standard InChI is InChI=1S/C21H21FN2O3/c1-11-16-5-4-15(22)9-12(16)6-7-23(11)17(25)10-24-20(26)18-13-2-3-14(8-13)19(18)21(24)27/h2-5,9,11,13-14,18-19H,6-8,10H2,1H3/t11-,13-,14-,18-,19+/m0/s1. The third kappa shape index (κ3) is 2.32. The van der Waals surface area contributed by atoms with Crippen LogP contribution < -0.4 is 0 Å². The predicted octanol–water partition coefficient (Wildman–Crippen LogP) is 2.08. The number of carbonyl (C=O) groups excluding carboxylic acids is 3. The predicted molar refractivity (Wildman–Crippen MR) is 94.7 cm³/mol. The van der Waals surface area contributed by atoms with E-state index in [1.54, 1.807) is 11.0 Å². The van der Waals surface area contributed by atoms with E-state index >= 15 is 0 Å². The van der Waals surface area contributed by atoms with Crippen LogP contribution in [0.25, 0.3) is 0 Å². The van der Waals surface area contributed by atoms with Gasteiger partial charge in [0.25, 0.3) is 0 Å². The minimum atomic E-state index is -0.275. The summed E-state index contributed by atoms with van der Waals surface area (Å²) in [7, 11) is 0. The molecule has 6 heteroatoms. The van der Waals surface area contributed by atoms with Crippen molar-refractivity contribution in [3.05, 3.63) is 47.3 Å². The van der Waals surface area contributed by atoms with Crippen LogP contribution in [-0.4, -0.2) is 40.6 Å². The number of nitrogens with zero attached hydrogens (tertiary/aromatic N) is 2. The fourth-order valence-corrected chi connectivity index (χ4v) is 5.49. The second-order valence-electron chi connectivity index (χ2n) is 8.12. The SMILES string of the molecule is C[C@H]1c2ccc(F)cc2CCN1C(=O)CN1C(=O)[C@@H]2[C@H](C1=O)[C@H]1C=C[C@H]2C1. The number of fused-ring (bicyclic) bond motifs is 6. The van der Waals surface area contributed by atoms with E-state index in [0.717, 1.165) is 17.5 Å². The van der Waals surface area contributed by atoms with Gasteiger partial charge in [-0.05, 0) is 54.9 Å². The summed E-state index contributed by atoms with van der Waals surface area (Å²) in [5.74, 6) is -1.14. The Kier molecular flexibility index (Phi) is 3.55. The molecule has 1 saturated carbocycles. The minimum Gasteiger partial charge on any atom is -0.334 e. The molecule has 27 heavy (non-hydrogen) atoms. The number of rotatable bonds is 2. The number of benzene rings is 1. The molecule has 0 N–H and O–H groups in total. The van der Waals surface area contributed by atoms with Crippen molar-refractivity contribution in [2.75, 3.05) is 13.1 Å². The summed E-state index contributed by atoms with van der Waals surface area (Å²) in [4.78, 5) is 41.4. The Morgan fingerprint density at radius 3 is 2.48 bits per heavy atom. The van der Waals surface area contributed by atoms with Gasteiger partial charge in [-0.3, -0.25) is 19.3 Å².